The van der Waals surface area contributed by atoms with Gasteiger partial charge in [-0.1, -0.05) is 11.3 Å². The first kappa shape index (κ1) is 12.4. The molecule has 0 spiro atoms. The minimum Gasteiger partial charge on any atom is -0.395 e. The number of rotatable bonds is 3. The number of nitrogens with zero attached hydrogens (tertiary/aromatic N) is 4. The maximum Gasteiger partial charge on any atom is 0.180 e. The number of aryl methyl sites for hydroxylation is 2. The topological polar surface area (TPSA) is 69.6 Å². The second kappa shape index (κ2) is 4.66. The van der Waals surface area contributed by atoms with E-state index in [4.69, 9.17) is 5.73 Å². The maximum absolute atomic E-state index is 6.05. The predicted octanol–water partition coefficient (Wildman–Crippen LogP) is 2.67. The van der Waals surface area contributed by atoms with E-state index in [-0.39, 0.29) is 6.04 Å². The molecular weight excluding hydrogens is 254 g/mol. The maximum atomic E-state index is 6.05. The molecule has 2 heterocycles. The summed E-state index contributed by atoms with van der Waals surface area (Å²) in [5.41, 5.74) is 7.64. The van der Waals surface area contributed by atoms with Gasteiger partial charge in [-0.25, -0.2) is 0 Å². The molecule has 0 saturated carbocycles. The number of nitrogen functional groups attached to an aromatic ring is 1. The van der Waals surface area contributed by atoms with Crippen LogP contribution in [0.3, 0.4) is 0 Å². The summed E-state index contributed by atoms with van der Waals surface area (Å²) >= 11 is 3.10. The molecule has 0 radical (unpaired) electrons. The highest BCUT2D eigenvalue weighted by Gasteiger charge is 2.17. The molecule has 2 aromatic rings. The van der Waals surface area contributed by atoms with E-state index in [0.29, 0.717) is 0 Å². The lowest BCUT2D eigenvalue weighted by molar-refractivity contribution is 0.491. The number of nitrogens with two attached hydrogens (primary N) is 1. The lowest BCUT2D eigenvalue weighted by Crippen LogP contribution is -2.04. The molecule has 2 N–H and O–H groups in total. The van der Waals surface area contributed by atoms with Gasteiger partial charge in [0.1, 0.15) is 10.0 Å². The smallest absolute Gasteiger partial charge is 0.180 e. The summed E-state index contributed by atoms with van der Waals surface area (Å²) in [4.78, 5) is 0. The van der Waals surface area contributed by atoms with Gasteiger partial charge in [0.25, 0.3) is 0 Å². The van der Waals surface area contributed by atoms with Crippen molar-refractivity contribution in [1.29, 1.82) is 0 Å². The van der Waals surface area contributed by atoms with Crippen molar-refractivity contribution in [3.8, 4) is 0 Å². The van der Waals surface area contributed by atoms with E-state index in [2.05, 4.69) is 29.1 Å². The Balaban J connectivity index is 2.37. The van der Waals surface area contributed by atoms with E-state index in [1.165, 1.54) is 11.8 Å². The van der Waals surface area contributed by atoms with Crippen molar-refractivity contribution < 1.29 is 0 Å². The van der Waals surface area contributed by atoms with Crippen LogP contribution in [0.25, 0.3) is 0 Å². The fraction of sp³-hybridized carbons (Fsp3) is 0.500. The summed E-state index contributed by atoms with van der Waals surface area (Å²) in [5.74, 6) is 0. The average Bonchev–Trinajstić information content (AvgIpc) is 2.77. The lowest BCUT2D eigenvalue weighted by atomic mass is 10.4. The Bertz CT molecular complexity index is 529. The van der Waals surface area contributed by atoms with Gasteiger partial charge in [0.2, 0.25) is 0 Å². The Kier molecular flexibility index (Phi) is 3.39. The van der Waals surface area contributed by atoms with Crippen molar-refractivity contribution in [3.05, 3.63) is 10.7 Å². The van der Waals surface area contributed by atoms with E-state index in [9.17, 15) is 0 Å². The summed E-state index contributed by atoms with van der Waals surface area (Å²) in [6.45, 7) is 8.03. The van der Waals surface area contributed by atoms with Gasteiger partial charge in [-0.3, -0.25) is 4.68 Å². The van der Waals surface area contributed by atoms with E-state index in [1.54, 1.807) is 11.3 Å². The number of hydrogen-bond acceptors (Lipinski definition) is 6. The van der Waals surface area contributed by atoms with Crippen LogP contribution >= 0.6 is 23.1 Å². The molecule has 0 aromatic carbocycles. The van der Waals surface area contributed by atoms with Crippen LogP contribution in [0.4, 0.5) is 5.69 Å². The first-order chi connectivity index (χ1) is 7.99. The van der Waals surface area contributed by atoms with Crippen LogP contribution < -0.4 is 5.73 Å². The molecule has 17 heavy (non-hydrogen) atoms. The Hall–Kier alpha value is -1.08. The summed E-state index contributed by atoms with van der Waals surface area (Å²) in [5, 5.41) is 14.4. The lowest BCUT2D eigenvalue weighted by Gasteiger charge is -2.09. The zero-order valence-corrected chi connectivity index (χ0v) is 11.9. The van der Waals surface area contributed by atoms with Gasteiger partial charge in [0.15, 0.2) is 4.34 Å². The first-order valence-corrected chi connectivity index (χ1v) is 6.95. The molecule has 0 amide bonds. The Labute approximate surface area is 108 Å². The van der Waals surface area contributed by atoms with E-state index in [0.717, 1.165) is 25.8 Å². The molecule has 0 aliphatic carbocycles. The van der Waals surface area contributed by atoms with Crippen molar-refractivity contribution in [2.75, 3.05) is 5.73 Å². The molecule has 2 rings (SSSR count). The van der Waals surface area contributed by atoms with E-state index >= 15 is 0 Å². The number of anilines is 1. The molecule has 0 saturated heterocycles. The van der Waals surface area contributed by atoms with Crippen molar-refractivity contribution in [2.24, 2.45) is 0 Å². The van der Waals surface area contributed by atoms with Crippen LogP contribution in [-0.4, -0.2) is 20.0 Å². The molecule has 92 valence electrons. The zero-order chi connectivity index (χ0) is 12.6. The van der Waals surface area contributed by atoms with Crippen LogP contribution in [0.15, 0.2) is 9.37 Å². The minimum atomic E-state index is 0.280. The monoisotopic (exact) mass is 269 g/mol. The van der Waals surface area contributed by atoms with Gasteiger partial charge in [0, 0.05) is 6.04 Å². The summed E-state index contributed by atoms with van der Waals surface area (Å²) in [6, 6.07) is 0.280. The van der Waals surface area contributed by atoms with Crippen molar-refractivity contribution >= 4 is 28.8 Å². The SMILES string of the molecule is Cc1nnc(Sc2c(N)c(C)nn2C(C)C)s1. The second-order valence-electron chi connectivity index (χ2n) is 4.03. The zero-order valence-electron chi connectivity index (χ0n) is 10.3. The largest absolute Gasteiger partial charge is 0.395 e. The van der Waals surface area contributed by atoms with Gasteiger partial charge < -0.3 is 5.73 Å². The minimum absolute atomic E-state index is 0.280. The highest BCUT2D eigenvalue weighted by molar-refractivity contribution is 8.01. The average molecular weight is 269 g/mol. The fourth-order valence-corrected chi connectivity index (χ4v) is 3.42. The Morgan fingerprint density at radius 2 is 2.00 bits per heavy atom. The Morgan fingerprint density at radius 1 is 1.29 bits per heavy atom. The quantitative estimate of drug-likeness (QED) is 0.927. The predicted molar refractivity (Wildman–Crippen MR) is 70.5 cm³/mol. The fourth-order valence-electron chi connectivity index (χ4n) is 1.39. The van der Waals surface area contributed by atoms with Crippen LogP contribution in [0.2, 0.25) is 0 Å². The third kappa shape index (κ3) is 2.44. The van der Waals surface area contributed by atoms with Gasteiger partial charge in [0.05, 0.1) is 11.4 Å². The summed E-state index contributed by atoms with van der Waals surface area (Å²) in [7, 11) is 0. The third-order valence-electron chi connectivity index (χ3n) is 2.27. The molecular formula is C10H15N5S2. The molecule has 0 fully saturated rings. The normalized spacial score (nSPS) is 11.4. The van der Waals surface area contributed by atoms with Crippen LogP contribution in [0.1, 0.15) is 30.6 Å². The van der Waals surface area contributed by atoms with E-state index in [1.807, 2.05) is 18.5 Å². The molecule has 0 atom stereocenters. The van der Waals surface area contributed by atoms with Gasteiger partial charge in [-0.2, -0.15) is 5.10 Å². The molecule has 7 heteroatoms. The molecule has 2 aromatic heterocycles. The number of aromatic nitrogens is 4. The van der Waals surface area contributed by atoms with E-state index < -0.39 is 0 Å². The van der Waals surface area contributed by atoms with Gasteiger partial charge in [-0.15, -0.1) is 10.2 Å². The molecule has 0 bridgehead atoms. The molecule has 0 aliphatic heterocycles. The summed E-state index contributed by atoms with van der Waals surface area (Å²) in [6.07, 6.45) is 0. The Morgan fingerprint density at radius 3 is 2.53 bits per heavy atom. The van der Waals surface area contributed by atoms with Crippen molar-refractivity contribution in [3.63, 3.8) is 0 Å². The highest BCUT2D eigenvalue weighted by Crippen LogP contribution is 2.36. The standard InChI is InChI=1S/C10H15N5S2/c1-5(2)15-9(8(11)6(3)14-15)17-10-13-12-7(4)16-10/h5H,11H2,1-4H3. The third-order valence-corrected chi connectivity index (χ3v) is 4.26. The van der Waals surface area contributed by atoms with Crippen molar-refractivity contribution in [1.82, 2.24) is 20.0 Å². The highest BCUT2D eigenvalue weighted by atomic mass is 32.2. The van der Waals surface area contributed by atoms with Crippen LogP contribution in [0.5, 0.6) is 0 Å². The van der Waals surface area contributed by atoms with Crippen molar-refractivity contribution in [2.45, 2.75) is 43.1 Å². The molecule has 0 unspecified atom stereocenters. The first-order valence-electron chi connectivity index (χ1n) is 5.31. The van der Waals surface area contributed by atoms with Gasteiger partial charge >= 0.3 is 0 Å². The van der Waals surface area contributed by atoms with Crippen LogP contribution in [-0.2, 0) is 0 Å². The van der Waals surface area contributed by atoms with Crippen LogP contribution in [0, 0.1) is 13.8 Å². The summed E-state index contributed by atoms with van der Waals surface area (Å²) < 4.78 is 2.84. The van der Waals surface area contributed by atoms with Gasteiger partial charge in [-0.05, 0) is 39.5 Å². The number of hydrogen-bond donors (Lipinski definition) is 1. The second-order valence-corrected chi connectivity index (χ2v) is 6.45. The molecule has 0 aliphatic rings. The molecule has 5 nitrogen and oxygen atoms in total.